The van der Waals surface area contributed by atoms with Crippen LogP contribution in [-0.2, 0) is 16.8 Å². The number of fused-ring (bicyclic) bond motifs is 1. The Morgan fingerprint density at radius 1 is 1.07 bits per heavy atom. The number of methoxy groups -OCH3 is 2. The molecule has 0 amide bonds. The summed E-state index contributed by atoms with van der Waals surface area (Å²) in [7, 11) is 2.93. The van der Waals surface area contributed by atoms with Gasteiger partial charge in [-0.3, -0.25) is 0 Å². The summed E-state index contributed by atoms with van der Waals surface area (Å²) in [5.74, 6) is 2.09. The highest BCUT2D eigenvalue weighted by Gasteiger charge is 2.55. The molecule has 0 spiro atoms. The number of aromatic nitrogens is 2. The normalized spacial score (nSPS) is 19.3. The van der Waals surface area contributed by atoms with Gasteiger partial charge in [-0.2, -0.15) is 0 Å². The highest BCUT2D eigenvalue weighted by atomic mass is 35.5. The molecule has 44 heavy (non-hydrogen) atoms. The Bertz CT molecular complexity index is 1910. The van der Waals surface area contributed by atoms with Gasteiger partial charge in [0.2, 0.25) is 0 Å². The first-order chi connectivity index (χ1) is 21.2. The van der Waals surface area contributed by atoms with Gasteiger partial charge in [-0.25, -0.2) is 9.78 Å². The van der Waals surface area contributed by atoms with Crippen LogP contribution in [0.15, 0.2) is 53.1 Å². The highest BCUT2D eigenvalue weighted by molar-refractivity contribution is 7.18. The molecule has 2 saturated carbocycles. The SMILES string of the molecule is COC(=O)c1cc(OC)c2nc(C3(C)CC3c3ccc(OCc4c(-c5c(Cl)cccc5Cl)noc4C4CC4)cc3Cl)sc2c1. The van der Waals surface area contributed by atoms with Crippen LogP contribution in [0.4, 0.5) is 0 Å². The van der Waals surface area contributed by atoms with Crippen molar-refractivity contribution >= 4 is 62.3 Å². The van der Waals surface area contributed by atoms with Crippen molar-refractivity contribution in [3.8, 4) is 22.8 Å². The molecule has 2 aromatic heterocycles. The number of ether oxygens (including phenoxy) is 3. The number of carbonyl (C=O) groups is 1. The topological polar surface area (TPSA) is 83.7 Å². The van der Waals surface area contributed by atoms with Crippen LogP contribution in [0.2, 0.25) is 15.1 Å². The minimum atomic E-state index is -0.415. The Kier molecular flexibility index (Phi) is 7.52. The van der Waals surface area contributed by atoms with Crippen molar-refractivity contribution in [3.63, 3.8) is 0 Å². The first kappa shape index (κ1) is 29.4. The molecule has 0 radical (unpaired) electrons. The number of benzene rings is 3. The first-order valence-corrected chi connectivity index (χ1v) is 16.1. The lowest BCUT2D eigenvalue weighted by molar-refractivity contribution is 0.0600. The van der Waals surface area contributed by atoms with Gasteiger partial charge < -0.3 is 18.7 Å². The Labute approximate surface area is 273 Å². The molecule has 11 heteroatoms. The number of hydrogen-bond acceptors (Lipinski definition) is 8. The fraction of sp³-hybridized carbons (Fsp3) is 0.303. The summed E-state index contributed by atoms with van der Waals surface area (Å²) in [6.45, 7) is 2.43. The smallest absolute Gasteiger partial charge is 0.338 e. The van der Waals surface area contributed by atoms with E-state index in [-0.39, 0.29) is 17.9 Å². The van der Waals surface area contributed by atoms with Gasteiger partial charge in [0.15, 0.2) is 0 Å². The third kappa shape index (κ3) is 5.11. The van der Waals surface area contributed by atoms with Gasteiger partial charge in [0.25, 0.3) is 0 Å². The van der Waals surface area contributed by atoms with E-state index in [0.29, 0.717) is 49.3 Å². The maximum Gasteiger partial charge on any atom is 0.338 e. The molecule has 0 bridgehead atoms. The summed E-state index contributed by atoms with van der Waals surface area (Å²) >= 11 is 21.4. The van der Waals surface area contributed by atoms with E-state index in [0.717, 1.165) is 51.4 Å². The molecule has 226 valence electrons. The highest BCUT2D eigenvalue weighted by Crippen LogP contribution is 2.62. The van der Waals surface area contributed by atoms with Crippen LogP contribution in [0.1, 0.15) is 70.3 Å². The second-order valence-electron chi connectivity index (χ2n) is 11.4. The van der Waals surface area contributed by atoms with Crippen LogP contribution in [0, 0.1) is 0 Å². The molecule has 0 aliphatic heterocycles. The summed E-state index contributed by atoms with van der Waals surface area (Å²) in [5.41, 5.74) is 4.09. The van der Waals surface area contributed by atoms with Crippen molar-refractivity contribution in [2.75, 3.05) is 14.2 Å². The molecule has 0 saturated heterocycles. The zero-order valence-electron chi connectivity index (χ0n) is 24.1. The van der Waals surface area contributed by atoms with Gasteiger partial charge in [-0.15, -0.1) is 11.3 Å². The Balaban J connectivity index is 1.12. The molecular weight excluding hydrogens is 643 g/mol. The molecule has 7 rings (SSSR count). The van der Waals surface area contributed by atoms with Crippen LogP contribution in [0.3, 0.4) is 0 Å². The number of nitrogens with zero attached hydrogens (tertiary/aromatic N) is 2. The van der Waals surface area contributed by atoms with Crippen molar-refractivity contribution in [1.29, 1.82) is 0 Å². The quantitative estimate of drug-likeness (QED) is 0.145. The van der Waals surface area contributed by atoms with E-state index < -0.39 is 5.97 Å². The summed E-state index contributed by atoms with van der Waals surface area (Å²) in [5, 5.41) is 6.96. The van der Waals surface area contributed by atoms with E-state index in [1.54, 1.807) is 48.8 Å². The predicted molar refractivity (Wildman–Crippen MR) is 172 cm³/mol. The monoisotopic (exact) mass is 668 g/mol. The molecule has 2 fully saturated rings. The summed E-state index contributed by atoms with van der Waals surface area (Å²) < 4.78 is 23.4. The van der Waals surface area contributed by atoms with Crippen LogP contribution < -0.4 is 9.47 Å². The molecule has 2 aliphatic rings. The second-order valence-corrected chi connectivity index (χ2v) is 13.7. The van der Waals surface area contributed by atoms with Gasteiger partial charge in [-0.1, -0.05) is 59.0 Å². The van der Waals surface area contributed by atoms with Gasteiger partial charge in [0.1, 0.15) is 40.1 Å². The zero-order valence-corrected chi connectivity index (χ0v) is 27.2. The van der Waals surface area contributed by atoms with Crippen molar-refractivity contribution in [2.24, 2.45) is 0 Å². The van der Waals surface area contributed by atoms with Crippen molar-refractivity contribution in [1.82, 2.24) is 10.1 Å². The minimum absolute atomic E-state index is 0.184. The molecule has 3 aromatic carbocycles. The maximum atomic E-state index is 12.2. The lowest BCUT2D eigenvalue weighted by atomic mass is 10.0. The largest absolute Gasteiger partial charge is 0.494 e. The van der Waals surface area contributed by atoms with Crippen molar-refractivity contribution in [2.45, 2.75) is 50.0 Å². The summed E-state index contributed by atoms with van der Waals surface area (Å²) in [6, 6.07) is 14.7. The van der Waals surface area contributed by atoms with Crippen molar-refractivity contribution in [3.05, 3.63) is 91.1 Å². The number of hydrogen-bond donors (Lipinski definition) is 0. The predicted octanol–water partition coefficient (Wildman–Crippen LogP) is 9.61. The Morgan fingerprint density at radius 2 is 1.84 bits per heavy atom. The molecule has 2 aliphatic carbocycles. The van der Waals surface area contributed by atoms with Gasteiger partial charge in [-0.05, 0) is 67.1 Å². The lowest BCUT2D eigenvalue weighted by Gasteiger charge is -2.12. The Hall–Kier alpha value is -3.30. The van der Waals surface area contributed by atoms with E-state index in [2.05, 4.69) is 12.1 Å². The first-order valence-electron chi connectivity index (χ1n) is 14.1. The Morgan fingerprint density at radius 3 is 2.52 bits per heavy atom. The number of rotatable bonds is 9. The second kappa shape index (κ2) is 11.2. The molecule has 5 aromatic rings. The van der Waals surface area contributed by atoms with Crippen LogP contribution >= 0.6 is 46.1 Å². The zero-order chi connectivity index (χ0) is 30.7. The molecule has 2 unspecified atom stereocenters. The third-order valence-electron chi connectivity index (χ3n) is 8.52. The molecule has 0 N–H and O–H groups in total. The average Bonchev–Trinajstić information content (AvgIpc) is 3.88. The standard InChI is InChI=1S/C33H27Cl3N2O5S/c1-33(32-37-29-25(40-2)11-17(31(39)41-3)12-26(29)44-32)14-21(33)19-10-9-18(13-24(19)36)42-15-20-28(38-43-30(20)16-7-8-16)27-22(34)5-4-6-23(27)35/h4-6,9-13,16,21H,7-8,14-15H2,1-3H3. The molecule has 2 heterocycles. The molecular formula is C33H27Cl3N2O5S. The van der Waals surface area contributed by atoms with E-state index in [1.807, 2.05) is 18.2 Å². The summed E-state index contributed by atoms with van der Waals surface area (Å²) in [4.78, 5) is 17.1. The number of esters is 1. The average molecular weight is 670 g/mol. The van der Waals surface area contributed by atoms with Gasteiger partial charge in [0.05, 0.1) is 40.1 Å². The fourth-order valence-electron chi connectivity index (χ4n) is 5.77. The lowest BCUT2D eigenvalue weighted by Crippen LogP contribution is -2.04. The van der Waals surface area contributed by atoms with Gasteiger partial charge in [0, 0.05) is 21.9 Å². The van der Waals surface area contributed by atoms with Gasteiger partial charge >= 0.3 is 5.97 Å². The maximum absolute atomic E-state index is 12.2. The third-order valence-corrected chi connectivity index (χ3v) is 10.8. The van der Waals surface area contributed by atoms with E-state index in [4.69, 9.17) is 58.5 Å². The number of thiazole rings is 1. The van der Waals surface area contributed by atoms with E-state index in [9.17, 15) is 4.79 Å². The van der Waals surface area contributed by atoms with E-state index in [1.165, 1.54) is 7.11 Å². The summed E-state index contributed by atoms with van der Waals surface area (Å²) in [6.07, 6.45) is 2.99. The van der Waals surface area contributed by atoms with Crippen LogP contribution in [0.5, 0.6) is 11.5 Å². The van der Waals surface area contributed by atoms with E-state index >= 15 is 0 Å². The number of carbonyl (C=O) groups excluding carboxylic acids is 1. The number of halogens is 3. The van der Waals surface area contributed by atoms with Crippen LogP contribution in [0.25, 0.3) is 21.5 Å². The minimum Gasteiger partial charge on any atom is -0.494 e. The molecule has 2 atom stereocenters. The fourth-order valence-corrected chi connectivity index (χ4v) is 7.88. The van der Waals surface area contributed by atoms with Crippen molar-refractivity contribution < 1.29 is 23.5 Å². The van der Waals surface area contributed by atoms with Crippen LogP contribution in [-0.4, -0.2) is 30.3 Å². The molecule has 7 nitrogen and oxygen atoms in total.